The van der Waals surface area contributed by atoms with Crippen LogP contribution in [0.4, 0.5) is 0 Å². The first-order chi connectivity index (χ1) is 7.18. The van der Waals surface area contributed by atoms with Gasteiger partial charge in [0.05, 0.1) is 0 Å². The van der Waals surface area contributed by atoms with Gasteiger partial charge in [0.2, 0.25) is 0 Å². The van der Waals surface area contributed by atoms with E-state index in [0.29, 0.717) is 4.83 Å². The van der Waals surface area contributed by atoms with Crippen molar-refractivity contribution in [2.24, 2.45) is 0 Å². The minimum Gasteiger partial charge on any atom is -0.0836 e. The van der Waals surface area contributed by atoms with Gasteiger partial charge in [-0.1, -0.05) is 51.3 Å². The van der Waals surface area contributed by atoms with Gasteiger partial charge in [-0.15, -0.1) is 0 Å². The van der Waals surface area contributed by atoms with Crippen molar-refractivity contribution in [3.63, 3.8) is 0 Å². The number of rotatable bonds is 0. The van der Waals surface area contributed by atoms with Crippen LogP contribution >= 0.6 is 39.1 Å². The molecule has 0 bridgehead atoms. The van der Waals surface area contributed by atoms with E-state index >= 15 is 0 Å². The molecule has 0 saturated carbocycles. The highest BCUT2D eigenvalue weighted by molar-refractivity contribution is 9.09. The second kappa shape index (κ2) is 3.38. The van der Waals surface area contributed by atoms with Gasteiger partial charge in [0.15, 0.2) is 0 Å². The van der Waals surface area contributed by atoms with Crippen LogP contribution in [0, 0.1) is 0 Å². The molecule has 0 spiro atoms. The third-order valence-corrected chi connectivity index (χ3v) is 4.36. The van der Waals surface area contributed by atoms with Crippen LogP contribution in [-0.4, -0.2) is 0 Å². The SMILES string of the molecule is Clc1ccc2c3c(ccc(Cl)c13)C(Br)C2. The Bertz CT molecular complexity index is 555. The first-order valence-corrected chi connectivity index (χ1v) is 6.39. The van der Waals surface area contributed by atoms with Gasteiger partial charge in [-0.3, -0.25) is 0 Å². The molecule has 76 valence electrons. The fourth-order valence-corrected chi connectivity index (χ4v) is 3.54. The third-order valence-electron chi connectivity index (χ3n) is 2.91. The molecule has 0 aliphatic heterocycles. The normalized spacial score (nSPS) is 18.7. The molecule has 0 nitrogen and oxygen atoms in total. The molecule has 0 aromatic heterocycles. The Kier molecular flexibility index (Phi) is 2.24. The summed E-state index contributed by atoms with van der Waals surface area (Å²) in [4.78, 5) is 0.394. The monoisotopic (exact) mass is 300 g/mol. The molecule has 1 aliphatic rings. The molecule has 1 aliphatic carbocycles. The lowest BCUT2D eigenvalue weighted by Crippen LogP contribution is -1.83. The average Bonchev–Trinajstić information content (AvgIpc) is 2.52. The van der Waals surface area contributed by atoms with E-state index in [2.05, 4.69) is 28.1 Å². The maximum atomic E-state index is 6.18. The van der Waals surface area contributed by atoms with Crippen molar-refractivity contribution in [3.05, 3.63) is 45.4 Å². The predicted octanol–water partition coefficient (Wildman–Crippen LogP) is 5.14. The summed E-state index contributed by atoms with van der Waals surface area (Å²) in [6, 6.07) is 8.02. The van der Waals surface area contributed by atoms with Gasteiger partial charge < -0.3 is 0 Å². The molecule has 1 atom stereocenters. The Morgan fingerprint density at radius 1 is 1.00 bits per heavy atom. The van der Waals surface area contributed by atoms with Gasteiger partial charge in [-0.2, -0.15) is 0 Å². The highest BCUT2D eigenvalue weighted by Gasteiger charge is 2.24. The van der Waals surface area contributed by atoms with Crippen molar-refractivity contribution in [1.82, 2.24) is 0 Å². The summed E-state index contributed by atoms with van der Waals surface area (Å²) < 4.78 is 0. The number of halogens is 3. The lowest BCUT2D eigenvalue weighted by atomic mass is 10.1. The Hall–Kier alpha value is -0.240. The van der Waals surface area contributed by atoms with E-state index in [4.69, 9.17) is 23.2 Å². The highest BCUT2D eigenvalue weighted by atomic mass is 79.9. The summed E-state index contributed by atoms with van der Waals surface area (Å²) in [6.45, 7) is 0. The van der Waals surface area contributed by atoms with Crippen molar-refractivity contribution in [3.8, 4) is 0 Å². The second-order valence-electron chi connectivity index (χ2n) is 3.76. The number of benzene rings is 2. The summed E-state index contributed by atoms with van der Waals surface area (Å²) >= 11 is 16.0. The molecule has 3 heteroatoms. The van der Waals surface area contributed by atoms with Crippen LogP contribution in [0.1, 0.15) is 16.0 Å². The van der Waals surface area contributed by atoms with Crippen LogP contribution in [0.3, 0.4) is 0 Å². The number of hydrogen-bond donors (Lipinski definition) is 0. The van der Waals surface area contributed by atoms with Crippen LogP contribution in [-0.2, 0) is 6.42 Å². The highest BCUT2D eigenvalue weighted by Crippen LogP contribution is 2.45. The Labute approximate surface area is 106 Å². The van der Waals surface area contributed by atoms with Crippen molar-refractivity contribution in [2.75, 3.05) is 0 Å². The van der Waals surface area contributed by atoms with Gasteiger partial charge in [0.25, 0.3) is 0 Å². The van der Waals surface area contributed by atoms with E-state index in [-0.39, 0.29) is 0 Å². The summed E-state index contributed by atoms with van der Waals surface area (Å²) in [7, 11) is 0. The molecule has 0 fully saturated rings. The third kappa shape index (κ3) is 1.33. The molecular formula is C12H7BrCl2. The van der Waals surface area contributed by atoms with Crippen LogP contribution in [0.5, 0.6) is 0 Å². The molecular weight excluding hydrogens is 295 g/mol. The summed E-state index contributed by atoms with van der Waals surface area (Å²) in [5.41, 5.74) is 2.63. The first-order valence-electron chi connectivity index (χ1n) is 4.72. The van der Waals surface area contributed by atoms with Gasteiger partial charge >= 0.3 is 0 Å². The fourth-order valence-electron chi connectivity index (χ4n) is 2.25. The second-order valence-corrected chi connectivity index (χ2v) is 5.68. The predicted molar refractivity (Wildman–Crippen MR) is 69.3 cm³/mol. The standard InChI is InChI=1S/C12H7BrCl2/c13-8-5-6-1-3-9(14)12-10(15)4-2-7(8)11(6)12/h1-4,8H,5H2. The molecule has 0 radical (unpaired) electrons. The maximum Gasteiger partial charge on any atom is 0.0499 e. The van der Waals surface area contributed by atoms with E-state index in [9.17, 15) is 0 Å². The number of hydrogen-bond acceptors (Lipinski definition) is 0. The quantitative estimate of drug-likeness (QED) is 0.591. The van der Waals surface area contributed by atoms with Crippen molar-refractivity contribution >= 4 is 49.9 Å². The molecule has 3 rings (SSSR count). The molecule has 1 unspecified atom stereocenters. The lowest BCUT2D eigenvalue weighted by molar-refractivity contribution is 1.01. The van der Waals surface area contributed by atoms with Gasteiger partial charge in [0, 0.05) is 20.3 Å². The van der Waals surface area contributed by atoms with Gasteiger partial charge in [-0.25, -0.2) is 0 Å². The lowest BCUT2D eigenvalue weighted by Gasteiger charge is -2.06. The van der Waals surface area contributed by atoms with Crippen molar-refractivity contribution in [1.29, 1.82) is 0 Å². The van der Waals surface area contributed by atoms with E-state index in [1.165, 1.54) is 16.5 Å². The van der Waals surface area contributed by atoms with Crippen LogP contribution < -0.4 is 0 Å². The summed E-state index contributed by atoms with van der Waals surface area (Å²) in [5, 5.41) is 3.71. The molecule has 0 heterocycles. The van der Waals surface area contributed by atoms with Crippen LogP contribution in [0.15, 0.2) is 24.3 Å². The molecule has 0 saturated heterocycles. The zero-order chi connectivity index (χ0) is 10.6. The zero-order valence-corrected chi connectivity index (χ0v) is 10.8. The minimum absolute atomic E-state index is 0.394. The summed E-state index contributed by atoms with van der Waals surface area (Å²) in [6.07, 6.45) is 1.02. The first kappa shape index (κ1) is 9.95. The topological polar surface area (TPSA) is 0 Å². The zero-order valence-electron chi connectivity index (χ0n) is 7.73. The Balaban J connectivity index is 2.55. The fraction of sp³-hybridized carbons (Fsp3) is 0.167. The van der Waals surface area contributed by atoms with Crippen molar-refractivity contribution < 1.29 is 0 Å². The molecule has 2 aromatic rings. The molecule has 15 heavy (non-hydrogen) atoms. The Morgan fingerprint density at radius 3 is 2.40 bits per heavy atom. The number of alkyl halides is 1. The molecule has 0 amide bonds. The van der Waals surface area contributed by atoms with Crippen LogP contribution in [0.25, 0.3) is 10.8 Å². The summed E-state index contributed by atoms with van der Waals surface area (Å²) in [5.74, 6) is 0. The van der Waals surface area contributed by atoms with E-state index < -0.39 is 0 Å². The van der Waals surface area contributed by atoms with Gasteiger partial charge in [-0.05, 0) is 35.1 Å². The van der Waals surface area contributed by atoms with E-state index in [1.54, 1.807) is 0 Å². The van der Waals surface area contributed by atoms with Gasteiger partial charge in [0.1, 0.15) is 0 Å². The average molecular weight is 302 g/mol. The molecule has 2 aromatic carbocycles. The van der Waals surface area contributed by atoms with Crippen molar-refractivity contribution in [2.45, 2.75) is 11.2 Å². The Morgan fingerprint density at radius 2 is 1.67 bits per heavy atom. The van der Waals surface area contributed by atoms with E-state index in [1.807, 2.05) is 12.1 Å². The maximum absolute atomic E-state index is 6.18. The minimum atomic E-state index is 0.394. The van der Waals surface area contributed by atoms with Crippen LogP contribution in [0.2, 0.25) is 10.0 Å². The van der Waals surface area contributed by atoms with E-state index in [0.717, 1.165) is 21.9 Å². The molecule has 0 N–H and O–H groups in total. The smallest absolute Gasteiger partial charge is 0.0499 e. The largest absolute Gasteiger partial charge is 0.0836 e.